The van der Waals surface area contributed by atoms with Crippen molar-refractivity contribution in [1.82, 2.24) is 5.32 Å². The zero-order valence-electron chi connectivity index (χ0n) is 7.66. The number of amides is 1. The lowest BCUT2D eigenvalue weighted by Gasteiger charge is -2.17. The molecule has 1 N–H and O–H groups in total. The molecule has 0 bridgehead atoms. The highest BCUT2D eigenvalue weighted by Gasteiger charge is 2.28. The molecule has 5 heteroatoms. The van der Waals surface area contributed by atoms with Gasteiger partial charge in [0.2, 0.25) is 5.91 Å². The predicted molar refractivity (Wildman–Crippen MR) is 42.8 cm³/mol. The first kappa shape index (κ1) is 12.3. The summed E-state index contributed by atoms with van der Waals surface area (Å²) in [6, 6.07) is 0. The van der Waals surface area contributed by atoms with Crippen LogP contribution in [0, 0.1) is 12.3 Å². The van der Waals surface area contributed by atoms with E-state index in [4.69, 9.17) is 0 Å². The monoisotopic (exact) mass is 196 g/mol. The van der Waals surface area contributed by atoms with E-state index in [2.05, 4.69) is 6.92 Å². The van der Waals surface area contributed by atoms with Crippen LogP contribution in [0.15, 0.2) is 0 Å². The van der Waals surface area contributed by atoms with E-state index in [-0.39, 0.29) is 6.42 Å². The van der Waals surface area contributed by atoms with Crippen LogP contribution >= 0.6 is 0 Å². The minimum Gasteiger partial charge on any atom is -0.347 e. The highest BCUT2D eigenvalue weighted by atomic mass is 19.4. The largest absolute Gasteiger partial charge is 0.405 e. The summed E-state index contributed by atoms with van der Waals surface area (Å²) in [4.78, 5) is 10.9. The Morgan fingerprint density at radius 2 is 1.85 bits per heavy atom. The molecule has 77 valence electrons. The van der Waals surface area contributed by atoms with Gasteiger partial charge in [0.15, 0.2) is 0 Å². The molecular formula is C8H13F3NO. The lowest BCUT2D eigenvalue weighted by Crippen LogP contribution is -2.35. The van der Waals surface area contributed by atoms with Crippen molar-refractivity contribution in [3.8, 4) is 0 Å². The molecule has 0 saturated carbocycles. The fraction of sp³-hybridized carbons (Fsp3) is 0.750. The maximum Gasteiger partial charge on any atom is 0.405 e. The van der Waals surface area contributed by atoms with E-state index >= 15 is 0 Å². The second-order valence-corrected chi connectivity index (χ2v) is 3.73. The lowest BCUT2D eigenvalue weighted by atomic mass is 9.92. The summed E-state index contributed by atoms with van der Waals surface area (Å²) in [6.07, 6.45) is -4.36. The van der Waals surface area contributed by atoms with E-state index < -0.39 is 24.0 Å². The third-order valence-electron chi connectivity index (χ3n) is 1.13. The fourth-order valence-electron chi connectivity index (χ4n) is 0.696. The van der Waals surface area contributed by atoms with Crippen molar-refractivity contribution in [3.05, 3.63) is 6.92 Å². The van der Waals surface area contributed by atoms with Gasteiger partial charge in [-0.1, -0.05) is 13.8 Å². The lowest BCUT2D eigenvalue weighted by molar-refractivity contribution is -0.139. The Morgan fingerprint density at radius 3 is 2.15 bits per heavy atom. The Kier molecular flexibility index (Phi) is 3.75. The highest BCUT2D eigenvalue weighted by Crippen LogP contribution is 2.18. The van der Waals surface area contributed by atoms with Crippen LogP contribution in [-0.4, -0.2) is 18.6 Å². The van der Waals surface area contributed by atoms with Crippen molar-refractivity contribution in [2.24, 2.45) is 5.41 Å². The Morgan fingerprint density at radius 1 is 1.38 bits per heavy atom. The van der Waals surface area contributed by atoms with Gasteiger partial charge < -0.3 is 5.32 Å². The maximum atomic E-state index is 11.6. The molecule has 0 rings (SSSR count). The molecule has 0 unspecified atom stereocenters. The van der Waals surface area contributed by atoms with Gasteiger partial charge in [0.1, 0.15) is 6.54 Å². The van der Waals surface area contributed by atoms with Crippen molar-refractivity contribution >= 4 is 5.91 Å². The molecular weight excluding hydrogens is 183 g/mol. The van der Waals surface area contributed by atoms with Gasteiger partial charge in [0.25, 0.3) is 0 Å². The summed E-state index contributed by atoms with van der Waals surface area (Å²) >= 11 is 0. The van der Waals surface area contributed by atoms with E-state index in [1.54, 1.807) is 19.2 Å². The van der Waals surface area contributed by atoms with E-state index in [9.17, 15) is 18.0 Å². The number of rotatable bonds is 3. The zero-order valence-corrected chi connectivity index (χ0v) is 7.66. The topological polar surface area (TPSA) is 29.1 Å². The first-order valence-corrected chi connectivity index (χ1v) is 3.79. The molecule has 0 aromatic carbocycles. The Balaban J connectivity index is 3.78. The number of carbonyl (C=O) groups excluding carboxylic acids is 1. The third kappa shape index (κ3) is 9.17. The molecule has 13 heavy (non-hydrogen) atoms. The van der Waals surface area contributed by atoms with Crippen molar-refractivity contribution in [3.63, 3.8) is 0 Å². The van der Waals surface area contributed by atoms with Crippen LogP contribution in [0.2, 0.25) is 0 Å². The van der Waals surface area contributed by atoms with Crippen LogP contribution in [-0.2, 0) is 4.79 Å². The van der Waals surface area contributed by atoms with Crippen LogP contribution < -0.4 is 5.32 Å². The highest BCUT2D eigenvalue weighted by molar-refractivity contribution is 5.76. The summed E-state index contributed by atoms with van der Waals surface area (Å²) in [6.45, 7) is 5.70. The van der Waals surface area contributed by atoms with Crippen molar-refractivity contribution in [2.75, 3.05) is 6.54 Å². The average Bonchev–Trinajstić information content (AvgIpc) is 1.78. The third-order valence-corrected chi connectivity index (χ3v) is 1.13. The second-order valence-electron chi connectivity index (χ2n) is 3.73. The number of nitrogens with one attached hydrogen (secondary N) is 1. The first-order valence-electron chi connectivity index (χ1n) is 3.79. The number of carbonyl (C=O) groups is 1. The van der Waals surface area contributed by atoms with Crippen LogP contribution in [0.5, 0.6) is 0 Å². The quantitative estimate of drug-likeness (QED) is 0.734. The van der Waals surface area contributed by atoms with Crippen LogP contribution in [0.4, 0.5) is 13.2 Å². The molecule has 0 aliphatic heterocycles. The van der Waals surface area contributed by atoms with Gasteiger partial charge in [-0.2, -0.15) is 13.2 Å². The van der Waals surface area contributed by atoms with Gasteiger partial charge in [0.05, 0.1) is 0 Å². The standard InChI is InChI=1S/C8H13F3NO/c1-7(2,3)4-6(13)12-5-8(9,10)11/h1,4-5H2,2-3H3,(H,12,13). The smallest absolute Gasteiger partial charge is 0.347 e. The number of hydrogen-bond acceptors (Lipinski definition) is 1. The molecule has 0 saturated heterocycles. The van der Waals surface area contributed by atoms with Gasteiger partial charge in [0, 0.05) is 6.42 Å². The Bertz CT molecular complexity index is 181. The number of alkyl halides is 3. The summed E-state index contributed by atoms with van der Waals surface area (Å²) in [5.41, 5.74) is -0.532. The van der Waals surface area contributed by atoms with Gasteiger partial charge in [-0.05, 0) is 12.3 Å². The van der Waals surface area contributed by atoms with E-state index in [0.29, 0.717) is 0 Å². The molecule has 0 aromatic heterocycles. The van der Waals surface area contributed by atoms with Crippen LogP contribution in [0.1, 0.15) is 20.3 Å². The second kappa shape index (κ2) is 3.98. The molecule has 1 radical (unpaired) electrons. The van der Waals surface area contributed by atoms with Crippen LogP contribution in [0.3, 0.4) is 0 Å². The van der Waals surface area contributed by atoms with Gasteiger partial charge in [-0.3, -0.25) is 4.79 Å². The summed E-state index contributed by atoms with van der Waals surface area (Å²) in [5.74, 6) is -0.627. The maximum absolute atomic E-state index is 11.6. The van der Waals surface area contributed by atoms with Crippen molar-refractivity contribution in [1.29, 1.82) is 0 Å². The predicted octanol–water partition coefficient (Wildman–Crippen LogP) is 1.92. The molecule has 0 spiro atoms. The number of hydrogen-bond donors (Lipinski definition) is 1. The molecule has 1 amide bonds. The van der Waals surface area contributed by atoms with E-state index in [1.165, 1.54) is 0 Å². The molecule has 0 aromatic rings. The molecule has 0 aliphatic rings. The van der Waals surface area contributed by atoms with E-state index in [0.717, 1.165) is 0 Å². The van der Waals surface area contributed by atoms with Crippen LogP contribution in [0.25, 0.3) is 0 Å². The summed E-state index contributed by atoms with van der Waals surface area (Å²) < 4.78 is 34.9. The van der Waals surface area contributed by atoms with Gasteiger partial charge >= 0.3 is 6.18 Å². The Labute approximate surface area is 75.5 Å². The van der Waals surface area contributed by atoms with E-state index in [1.807, 2.05) is 0 Å². The number of halogens is 3. The Hall–Kier alpha value is -0.740. The minimum atomic E-state index is -4.35. The summed E-state index contributed by atoms with van der Waals surface area (Å²) in [5, 5.41) is 1.78. The molecule has 2 nitrogen and oxygen atoms in total. The molecule has 0 atom stereocenters. The normalized spacial score (nSPS) is 12.8. The summed E-state index contributed by atoms with van der Waals surface area (Å²) in [7, 11) is 0. The van der Waals surface area contributed by atoms with Crippen molar-refractivity contribution < 1.29 is 18.0 Å². The SMILES string of the molecule is [CH2]C(C)(C)CC(=O)NCC(F)(F)F. The first-order chi connectivity index (χ1) is 5.60. The van der Waals surface area contributed by atoms with Gasteiger partial charge in [-0.25, -0.2) is 0 Å². The zero-order chi connectivity index (χ0) is 10.7. The molecule has 0 fully saturated rings. The minimum absolute atomic E-state index is 0.0108. The average molecular weight is 196 g/mol. The molecule has 0 heterocycles. The van der Waals surface area contributed by atoms with Crippen molar-refractivity contribution in [2.45, 2.75) is 26.4 Å². The fourth-order valence-corrected chi connectivity index (χ4v) is 0.696. The molecule has 0 aliphatic carbocycles. The van der Waals surface area contributed by atoms with Gasteiger partial charge in [-0.15, -0.1) is 0 Å².